The molecule has 0 bridgehead atoms. The summed E-state index contributed by atoms with van der Waals surface area (Å²) >= 11 is 0. The molecule has 1 aliphatic rings. The highest BCUT2D eigenvalue weighted by molar-refractivity contribution is 5.89. The molecule has 1 aliphatic carbocycles. The topological polar surface area (TPSA) is 37.8 Å². The third kappa shape index (κ3) is 2.21. The van der Waals surface area contributed by atoms with Gasteiger partial charge in [-0.2, -0.15) is 0 Å². The lowest BCUT2D eigenvalue weighted by molar-refractivity contribution is 0.624. The molecule has 1 N–H and O–H groups in total. The Kier molecular flexibility index (Phi) is 3.03. The predicted molar refractivity (Wildman–Crippen MR) is 85.4 cm³/mol. The number of anilines is 1. The summed E-state index contributed by atoms with van der Waals surface area (Å²) in [5, 5.41) is 4.48. The summed E-state index contributed by atoms with van der Waals surface area (Å²) in [4.78, 5) is 8.70. The Balaban J connectivity index is 1.74. The van der Waals surface area contributed by atoms with Gasteiger partial charge in [-0.25, -0.2) is 14.4 Å². The van der Waals surface area contributed by atoms with E-state index in [0.717, 1.165) is 35.1 Å². The normalized spacial score (nSPS) is 16.7. The van der Waals surface area contributed by atoms with Gasteiger partial charge in [-0.1, -0.05) is 17.7 Å². The van der Waals surface area contributed by atoms with Crippen molar-refractivity contribution in [2.24, 2.45) is 0 Å². The van der Waals surface area contributed by atoms with Crippen LogP contribution in [0.4, 0.5) is 10.2 Å². The fourth-order valence-electron chi connectivity index (χ4n) is 3.17. The van der Waals surface area contributed by atoms with Crippen LogP contribution in [0.15, 0.2) is 42.7 Å². The first-order chi connectivity index (χ1) is 10.7. The SMILES string of the molecule is Cc1ccc2ncnc(NC3CCc4ccc(F)cc43)c2c1. The second-order valence-corrected chi connectivity index (χ2v) is 5.82. The molecule has 4 heteroatoms. The van der Waals surface area contributed by atoms with Crippen LogP contribution >= 0.6 is 0 Å². The molecule has 0 saturated carbocycles. The Morgan fingerprint density at radius 3 is 2.95 bits per heavy atom. The number of hydrogen-bond donors (Lipinski definition) is 1. The Morgan fingerprint density at radius 2 is 2.05 bits per heavy atom. The minimum atomic E-state index is -0.184. The summed E-state index contributed by atoms with van der Waals surface area (Å²) in [5.41, 5.74) is 4.34. The van der Waals surface area contributed by atoms with E-state index in [1.165, 1.54) is 17.2 Å². The van der Waals surface area contributed by atoms with Crippen LogP contribution in [-0.4, -0.2) is 9.97 Å². The van der Waals surface area contributed by atoms with Crippen molar-refractivity contribution in [1.82, 2.24) is 9.97 Å². The van der Waals surface area contributed by atoms with Crippen molar-refractivity contribution in [3.63, 3.8) is 0 Å². The Labute approximate surface area is 128 Å². The van der Waals surface area contributed by atoms with Crippen molar-refractivity contribution in [2.45, 2.75) is 25.8 Å². The number of hydrogen-bond acceptors (Lipinski definition) is 3. The molecule has 1 unspecified atom stereocenters. The third-order valence-corrected chi connectivity index (χ3v) is 4.29. The maximum atomic E-state index is 13.5. The van der Waals surface area contributed by atoms with Gasteiger partial charge in [0.25, 0.3) is 0 Å². The molecular formula is C18H16FN3. The molecule has 0 saturated heterocycles. The van der Waals surface area contributed by atoms with Crippen molar-refractivity contribution in [1.29, 1.82) is 0 Å². The minimum absolute atomic E-state index is 0.101. The van der Waals surface area contributed by atoms with Gasteiger partial charge >= 0.3 is 0 Å². The van der Waals surface area contributed by atoms with Crippen molar-refractivity contribution in [3.8, 4) is 0 Å². The van der Waals surface area contributed by atoms with Crippen LogP contribution in [0, 0.1) is 12.7 Å². The van der Waals surface area contributed by atoms with E-state index in [9.17, 15) is 4.39 Å². The maximum Gasteiger partial charge on any atom is 0.137 e. The average Bonchev–Trinajstić information content (AvgIpc) is 2.90. The second kappa shape index (κ2) is 5.05. The Morgan fingerprint density at radius 1 is 1.14 bits per heavy atom. The quantitative estimate of drug-likeness (QED) is 0.770. The number of rotatable bonds is 2. The van der Waals surface area contributed by atoms with Crippen molar-refractivity contribution >= 4 is 16.7 Å². The molecule has 0 spiro atoms. The number of nitrogens with zero attached hydrogens (tertiary/aromatic N) is 2. The van der Waals surface area contributed by atoms with Gasteiger partial charge < -0.3 is 5.32 Å². The molecule has 2 aromatic carbocycles. The van der Waals surface area contributed by atoms with Crippen LogP contribution in [-0.2, 0) is 6.42 Å². The largest absolute Gasteiger partial charge is 0.363 e. The fraction of sp³-hybridized carbons (Fsp3) is 0.222. The lowest BCUT2D eigenvalue weighted by Gasteiger charge is -2.16. The van der Waals surface area contributed by atoms with Crippen LogP contribution in [0.25, 0.3) is 10.9 Å². The van der Waals surface area contributed by atoms with E-state index in [2.05, 4.69) is 28.3 Å². The van der Waals surface area contributed by atoms with Gasteiger partial charge in [0.1, 0.15) is 18.0 Å². The average molecular weight is 293 g/mol. The van der Waals surface area contributed by atoms with E-state index in [4.69, 9.17) is 0 Å². The third-order valence-electron chi connectivity index (χ3n) is 4.29. The van der Waals surface area contributed by atoms with Crippen LogP contribution < -0.4 is 5.32 Å². The first-order valence-corrected chi connectivity index (χ1v) is 7.47. The van der Waals surface area contributed by atoms with E-state index in [1.54, 1.807) is 12.4 Å². The predicted octanol–water partition coefficient (Wildman–Crippen LogP) is 4.18. The lowest BCUT2D eigenvalue weighted by atomic mass is 10.1. The number of aryl methyl sites for hydroxylation is 2. The summed E-state index contributed by atoms with van der Waals surface area (Å²) in [7, 11) is 0. The highest BCUT2D eigenvalue weighted by atomic mass is 19.1. The molecule has 4 rings (SSSR count). The van der Waals surface area contributed by atoms with Crippen LogP contribution in [0.3, 0.4) is 0 Å². The Hall–Kier alpha value is -2.49. The molecule has 1 atom stereocenters. The smallest absolute Gasteiger partial charge is 0.137 e. The van der Waals surface area contributed by atoms with Gasteiger partial charge in [0, 0.05) is 5.39 Å². The molecule has 110 valence electrons. The minimum Gasteiger partial charge on any atom is -0.363 e. The fourth-order valence-corrected chi connectivity index (χ4v) is 3.17. The van der Waals surface area contributed by atoms with E-state index in [1.807, 2.05) is 18.2 Å². The number of aromatic nitrogens is 2. The standard InChI is InChI=1S/C18H16FN3/c1-11-2-6-16-15(8-11)18(21-10-20-16)22-17-7-4-12-3-5-13(19)9-14(12)17/h2-3,5-6,8-10,17H,4,7H2,1H3,(H,20,21,22). The van der Waals surface area contributed by atoms with Crippen molar-refractivity contribution < 1.29 is 4.39 Å². The Bertz CT molecular complexity index is 860. The lowest BCUT2D eigenvalue weighted by Crippen LogP contribution is -2.09. The molecule has 0 aliphatic heterocycles. The maximum absolute atomic E-state index is 13.5. The molecule has 0 fully saturated rings. The molecule has 0 radical (unpaired) electrons. The van der Waals surface area contributed by atoms with E-state index < -0.39 is 0 Å². The summed E-state index contributed by atoms with van der Waals surface area (Å²) in [6.45, 7) is 2.05. The van der Waals surface area contributed by atoms with Crippen LogP contribution in [0.5, 0.6) is 0 Å². The van der Waals surface area contributed by atoms with Gasteiger partial charge in [0.05, 0.1) is 11.6 Å². The molecule has 1 aromatic heterocycles. The summed E-state index contributed by atoms with van der Waals surface area (Å²) < 4.78 is 13.5. The monoisotopic (exact) mass is 293 g/mol. The van der Waals surface area contributed by atoms with Gasteiger partial charge in [-0.3, -0.25) is 0 Å². The molecule has 0 amide bonds. The molecule has 3 nitrogen and oxygen atoms in total. The van der Waals surface area contributed by atoms with Gasteiger partial charge in [0.15, 0.2) is 0 Å². The zero-order valence-electron chi connectivity index (χ0n) is 12.3. The number of fused-ring (bicyclic) bond motifs is 2. The summed E-state index contributed by atoms with van der Waals surface area (Å²) in [5.74, 6) is 0.631. The number of nitrogens with one attached hydrogen (secondary N) is 1. The highest BCUT2D eigenvalue weighted by Crippen LogP contribution is 2.35. The summed E-state index contributed by atoms with van der Waals surface area (Å²) in [6, 6.07) is 11.3. The molecule has 3 aromatic rings. The molecule has 22 heavy (non-hydrogen) atoms. The van der Waals surface area contributed by atoms with E-state index in [0.29, 0.717) is 0 Å². The van der Waals surface area contributed by atoms with Gasteiger partial charge in [-0.05, 0) is 55.2 Å². The van der Waals surface area contributed by atoms with Crippen molar-refractivity contribution in [2.75, 3.05) is 5.32 Å². The zero-order chi connectivity index (χ0) is 15.1. The molecule has 1 heterocycles. The summed E-state index contributed by atoms with van der Waals surface area (Å²) in [6.07, 6.45) is 3.49. The first kappa shape index (κ1) is 13.2. The van der Waals surface area contributed by atoms with Gasteiger partial charge in [0.2, 0.25) is 0 Å². The molecular weight excluding hydrogens is 277 g/mol. The number of benzene rings is 2. The second-order valence-electron chi connectivity index (χ2n) is 5.82. The first-order valence-electron chi connectivity index (χ1n) is 7.47. The highest BCUT2D eigenvalue weighted by Gasteiger charge is 2.23. The zero-order valence-corrected chi connectivity index (χ0v) is 12.3. The van der Waals surface area contributed by atoms with Crippen LogP contribution in [0.1, 0.15) is 29.2 Å². The van der Waals surface area contributed by atoms with Gasteiger partial charge in [-0.15, -0.1) is 0 Å². The van der Waals surface area contributed by atoms with Crippen LogP contribution in [0.2, 0.25) is 0 Å². The van der Waals surface area contributed by atoms with E-state index in [-0.39, 0.29) is 11.9 Å². The van der Waals surface area contributed by atoms with Crippen molar-refractivity contribution in [3.05, 3.63) is 65.2 Å². The number of halogens is 1. The van der Waals surface area contributed by atoms with E-state index >= 15 is 0 Å².